The third kappa shape index (κ3) is 3.26. The van der Waals surface area contributed by atoms with E-state index in [1.807, 2.05) is 0 Å². The van der Waals surface area contributed by atoms with Gasteiger partial charge in [-0.05, 0) is 80.2 Å². The maximum Gasteiger partial charge on any atom is 0.337 e. The summed E-state index contributed by atoms with van der Waals surface area (Å²) in [6.07, 6.45) is 8.56. The minimum absolute atomic E-state index is 0.0259. The Morgan fingerprint density at radius 1 is 1.19 bits per heavy atom. The first-order valence-electron chi connectivity index (χ1n) is 11.5. The summed E-state index contributed by atoms with van der Waals surface area (Å²) in [6, 6.07) is 3.03. The number of rotatable bonds is 6. The van der Waals surface area contributed by atoms with Crippen LogP contribution in [0, 0.1) is 29.0 Å². The summed E-state index contributed by atoms with van der Waals surface area (Å²) >= 11 is 1.21. The molecule has 5 nitrogen and oxygen atoms in total. The second kappa shape index (κ2) is 7.12. The van der Waals surface area contributed by atoms with Gasteiger partial charge in [0.15, 0.2) is 5.37 Å². The molecule has 1 aromatic rings. The number of thioether (sulfide) groups is 1. The molecule has 1 aliphatic heterocycles. The molecule has 6 fully saturated rings. The highest BCUT2D eigenvalue weighted by Gasteiger charge is 2.58. The zero-order chi connectivity index (χ0) is 21.3. The molecule has 7 heteroatoms. The van der Waals surface area contributed by atoms with Crippen LogP contribution in [0.5, 0.6) is 5.75 Å². The smallest absolute Gasteiger partial charge is 0.337 e. The summed E-state index contributed by atoms with van der Waals surface area (Å²) in [5.41, 5.74) is 1.15. The molecule has 1 saturated heterocycles. The number of carbonyl (C=O) groups is 2. The number of carboxylic acids is 1. The molecule has 6 aliphatic rings. The van der Waals surface area contributed by atoms with Crippen molar-refractivity contribution in [3.05, 3.63) is 29.1 Å². The van der Waals surface area contributed by atoms with Gasteiger partial charge >= 0.3 is 5.97 Å². The lowest BCUT2D eigenvalue weighted by atomic mass is 9.76. The van der Waals surface area contributed by atoms with Crippen molar-refractivity contribution in [2.75, 3.05) is 18.9 Å². The average Bonchev–Trinajstić information content (AvgIpc) is 3.32. The predicted octanol–water partition coefficient (Wildman–Crippen LogP) is 4.51. The standard InChI is InChI=1S/C24H28FNO4S/c25-19-9-20(30-12-24-10-13-5-14(11-24)7-16(24)6-13)17(15-1-2-15)8-18(19)21(27)26-3-4-31-22(26)23(28)29/h8-9,13-16,22H,1-7,10-12H2,(H,28,29)/t13?,14?,16?,22-,24?/m0/s1. The van der Waals surface area contributed by atoms with E-state index < -0.39 is 23.1 Å². The van der Waals surface area contributed by atoms with Crippen molar-refractivity contribution in [2.24, 2.45) is 23.2 Å². The second-order valence-electron chi connectivity index (χ2n) is 10.4. The highest BCUT2D eigenvalue weighted by Crippen LogP contribution is 2.65. The third-order valence-electron chi connectivity index (χ3n) is 8.38. The molecule has 166 valence electrons. The number of aliphatic carboxylic acids is 1. The van der Waals surface area contributed by atoms with Gasteiger partial charge in [-0.3, -0.25) is 4.79 Å². The number of hydrogen-bond acceptors (Lipinski definition) is 4. The zero-order valence-electron chi connectivity index (χ0n) is 17.5. The molecule has 1 N–H and O–H groups in total. The molecular weight excluding hydrogens is 417 g/mol. The van der Waals surface area contributed by atoms with Crippen LogP contribution in [0.4, 0.5) is 4.39 Å². The molecule has 1 heterocycles. The van der Waals surface area contributed by atoms with Crippen molar-refractivity contribution in [2.45, 2.75) is 56.2 Å². The van der Waals surface area contributed by atoms with Crippen LogP contribution in [-0.4, -0.2) is 46.2 Å². The van der Waals surface area contributed by atoms with Gasteiger partial charge in [-0.2, -0.15) is 0 Å². The fourth-order valence-corrected chi connectivity index (χ4v) is 8.08. The zero-order valence-corrected chi connectivity index (χ0v) is 18.3. The Morgan fingerprint density at radius 2 is 1.94 bits per heavy atom. The first-order valence-corrected chi connectivity index (χ1v) is 12.6. The van der Waals surface area contributed by atoms with Gasteiger partial charge in [0, 0.05) is 23.8 Å². The molecule has 2 unspecified atom stereocenters. The van der Waals surface area contributed by atoms with Gasteiger partial charge in [0.25, 0.3) is 5.91 Å². The SMILES string of the molecule is O=C(O)[C@@H]1SCCN1C(=O)c1cc(C2CC2)c(OCC23CC4CC(CC2C4)C3)cc1F. The van der Waals surface area contributed by atoms with Crippen LogP contribution in [0.15, 0.2) is 12.1 Å². The Hall–Kier alpha value is -1.76. The van der Waals surface area contributed by atoms with Crippen LogP contribution in [0.2, 0.25) is 0 Å². The average molecular weight is 446 g/mol. The Morgan fingerprint density at radius 3 is 2.61 bits per heavy atom. The van der Waals surface area contributed by atoms with E-state index >= 15 is 4.39 Å². The van der Waals surface area contributed by atoms with Gasteiger partial charge in [0.05, 0.1) is 12.2 Å². The lowest BCUT2D eigenvalue weighted by molar-refractivity contribution is -0.138. The summed E-state index contributed by atoms with van der Waals surface area (Å²) < 4.78 is 21.4. The van der Waals surface area contributed by atoms with Gasteiger partial charge in [0.2, 0.25) is 0 Å². The molecule has 0 spiro atoms. The van der Waals surface area contributed by atoms with Crippen molar-refractivity contribution >= 4 is 23.6 Å². The minimum Gasteiger partial charge on any atom is -0.493 e. The molecule has 4 bridgehead atoms. The highest BCUT2D eigenvalue weighted by molar-refractivity contribution is 8.00. The van der Waals surface area contributed by atoms with Gasteiger partial charge in [-0.15, -0.1) is 11.8 Å². The van der Waals surface area contributed by atoms with E-state index in [0.29, 0.717) is 30.6 Å². The molecule has 31 heavy (non-hydrogen) atoms. The Labute approximate surface area is 185 Å². The quantitative estimate of drug-likeness (QED) is 0.698. The van der Waals surface area contributed by atoms with Gasteiger partial charge in [0.1, 0.15) is 11.6 Å². The number of amides is 1. The van der Waals surface area contributed by atoms with Gasteiger partial charge in [-0.1, -0.05) is 0 Å². The number of hydrogen-bond donors (Lipinski definition) is 1. The number of carbonyl (C=O) groups excluding carboxylic acids is 1. The maximum atomic E-state index is 15.1. The van der Waals surface area contributed by atoms with E-state index in [0.717, 1.165) is 36.2 Å². The number of halogens is 1. The van der Waals surface area contributed by atoms with Crippen LogP contribution in [0.1, 0.15) is 66.8 Å². The summed E-state index contributed by atoms with van der Waals surface area (Å²) in [5.74, 6) is 1.69. The number of ether oxygens (including phenoxy) is 1. The normalized spacial score (nSPS) is 35.7. The summed E-state index contributed by atoms with van der Waals surface area (Å²) in [4.78, 5) is 25.8. The molecule has 0 aromatic heterocycles. The van der Waals surface area contributed by atoms with Crippen molar-refractivity contribution in [1.82, 2.24) is 4.90 Å². The largest absolute Gasteiger partial charge is 0.493 e. The third-order valence-corrected chi connectivity index (χ3v) is 9.57. The molecule has 0 radical (unpaired) electrons. The van der Waals surface area contributed by atoms with Crippen LogP contribution < -0.4 is 4.74 Å². The monoisotopic (exact) mass is 445 g/mol. The second-order valence-corrected chi connectivity index (χ2v) is 11.6. The molecule has 7 rings (SSSR count). The lowest BCUT2D eigenvalue weighted by Crippen LogP contribution is -2.39. The van der Waals surface area contributed by atoms with Crippen LogP contribution >= 0.6 is 11.8 Å². The molecular formula is C24H28FNO4S. The maximum absolute atomic E-state index is 15.1. The number of nitrogens with zero attached hydrogens (tertiary/aromatic N) is 1. The Balaban J connectivity index is 1.25. The topological polar surface area (TPSA) is 66.8 Å². The van der Waals surface area contributed by atoms with E-state index in [2.05, 4.69) is 0 Å². The first-order chi connectivity index (χ1) is 14.9. The predicted molar refractivity (Wildman–Crippen MR) is 115 cm³/mol. The van der Waals surface area contributed by atoms with Crippen LogP contribution in [0.25, 0.3) is 0 Å². The Kier molecular flexibility index (Phi) is 4.57. The molecule has 1 amide bonds. The van der Waals surface area contributed by atoms with Crippen molar-refractivity contribution in [1.29, 1.82) is 0 Å². The summed E-state index contributed by atoms with van der Waals surface area (Å²) in [6.45, 7) is 0.976. The summed E-state index contributed by atoms with van der Waals surface area (Å²) in [7, 11) is 0. The summed E-state index contributed by atoms with van der Waals surface area (Å²) in [5, 5.41) is 8.44. The highest BCUT2D eigenvalue weighted by atomic mass is 32.2. The van der Waals surface area contributed by atoms with E-state index in [1.165, 1.54) is 54.8 Å². The van der Waals surface area contributed by atoms with Crippen molar-refractivity contribution in [3.8, 4) is 5.75 Å². The van der Waals surface area contributed by atoms with Crippen LogP contribution in [-0.2, 0) is 4.79 Å². The van der Waals surface area contributed by atoms with E-state index in [9.17, 15) is 14.7 Å². The molecule has 3 atom stereocenters. The fraction of sp³-hybridized carbons (Fsp3) is 0.667. The Bertz CT molecular complexity index is 934. The lowest BCUT2D eigenvalue weighted by Gasteiger charge is -2.33. The van der Waals surface area contributed by atoms with Crippen molar-refractivity contribution < 1.29 is 23.8 Å². The number of carboxylic acid groups (broad SMARTS) is 1. The van der Waals surface area contributed by atoms with E-state index in [-0.39, 0.29) is 11.0 Å². The fourth-order valence-electron chi connectivity index (χ4n) is 7.03. The van der Waals surface area contributed by atoms with Gasteiger partial charge < -0.3 is 14.7 Å². The number of benzene rings is 1. The van der Waals surface area contributed by atoms with Crippen LogP contribution in [0.3, 0.4) is 0 Å². The van der Waals surface area contributed by atoms with E-state index in [1.54, 1.807) is 6.07 Å². The molecule has 5 saturated carbocycles. The first kappa shape index (κ1) is 19.9. The minimum atomic E-state index is -1.06. The molecule has 1 aromatic carbocycles. The van der Waals surface area contributed by atoms with Gasteiger partial charge in [-0.25, -0.2) is 9.18 Å². The van der Waals surface area contributed by atoms with Crippen molar-refractivity contribution in [3.63, 3.8) is 0 Å². The van der Waals surface area contributed by atoms with E-state index in [4.69, 9.17) is 4.74 Å². The molecule has 5 aliphatic carbocycles.